The number of nitrogens with zero attached hydrogens (tertiary/aromatic N) is 6. The van der Waals surface area contributed by atoms with Crippen LogP contribution >= 0.6 is 0 Å². The number of aromatic nitrogens is 4. The number of hydrogen-bond acceptors (Lipinski definition) is 10. The molecule has 0 amide bonds. The molecule has 5 rings (SSSR count). The summed E-state index contributed by atoms with van der Waals surface area (Å²) >= 11 is 0. The summed E-state index contributed by atoms with van der Waals surface area (Å²) in [5.74, 6) is 2.14. The van der Waals surface area contributed by atoms with E-state index in [4.69, 9.17) is 10.2 Å². The van der Waals surface area contributed by atoms with Crippen LogP contribution in [0, 0.1) is 11.8 Å². The third kappa shape index (κ3) is 4.24. The molecule has 0 saturated carbocycles. The van der Waals surface area contributed by atoms with Crippen molar-refractivity contribution in [3.63, 3.8) is 0 Å². The van der Waals surface area contributed by atoms with E-state index in [1.54, 1.807) is 17.4 Å². The van der Waals surface area contributed by atoms with E-state index in [0.29, 0.717) is 43.6 Å². The quantitative estimate of drug-likeness (QED) is 0.504. The molecule has 2 aliphatic rings. The number of nitrogen functional groups attached to an aromatic ring is 1. The summed E-state index contributed by atoms with van der Waals surface area (Å²) in [6, 6.07) is 7.87. The highest BCUT2D eigenvalue weighted by Gasteiger charge is 2.43. The van der Waals surface area contributed by atoms with Crippen LogP contribution in [-0.2, 0) is 16.6 Å². The summed E-state index contributed by atoms with van der Waals surface area (Å²) in [4.78, 5) is 11.1. The Morgan fingerprint density at radius 3 is 2.44 bits per heavy atom. The first kappa shape index (κ1) is 22.7. The van der Waals surface area contributed by atoms with Gasteiger partial charge in [-0.15, -0.1) is 10.2 Å². The van der Waals surface area contributed by atoms with E-state index in [1.807, 2.05) is 31.3 Å². The number of nitrogens with two attached hydrogens (primary N) is 1. The average Bonchev–Trinajstić information content (AvgIpc) is 3.56. The number of sulfonamides is 1. The number of hydrogen-bond donors (Lipinski definition) is 2. The number of benzene rings is 1. The second-order valence-electron chi connectivity index (χ2n) is 8.74. The molecule has 0 radical (unpaired) electrons. The molecule has 4 heterocycles. The largest absolute Gasteiger partial charge is 0.414 e. The Balaban J connectivity index is 0.00000160. The third-order valence-corrected chi connectivity index (χ3v) is 8.35. The Morgan fingerprint density at radius 1 is 1.12 bits per heavy atom. The first-order chi connectivity index (χ1) is 16.4. The van der Waals surface area contributed by atoms with E-state index in [0.717, 1.165) is 17.7 Å². The number of rotatable bonds is 7. The van der Waals surface area contributed by atoms with Crippen LogP contribution in [-0.4, -0.2) is 71.9 Å². The Labute approximate surface area is 202 Å². The normalized spacial score (nSPS) is 20.7. The van der Waals surface area contributed by atoms with Gasteiger partial charge in [0.1, 0.15) is 5.82 Å². The summed E-state index contributed by atoms with van der Waals surface area (Å²) < 4.78 is 31.9. The zero-order valence-electron chi connectivity index (χ0n) is 19.2. The summed E-state index contributed by atoms with van der Waals surface area (Å²) in [5.41, 5.74) is 8.40. The van der Waals surface area contributed by atoms with Crippen LogP contribution in [0.25, 0.3) is 23.0 Å². The van der Waals surface area contributed by atoms with Crippen LogP contribution in [0.5, 0.6) is 0 Å². The first-order valence-electron chi connectivity index (χ1n) is 11.3. The maximum atomic E-state index is 12.2. The standard InChI is InChI=1S/C22H28N8O3S.3H2/c1-3-34(31,32)30-12-16-10-29(11-17(16)13-30)18-9-25-20(23)19(26-18)22-28-27-21(33-22)15-6-4-14(5-7-15)8-24-2;;;/h4-7,9,16-17,24H,3,8,10-13H2,1-2H3,(H2,23,25);3*1H. The molecule has 2 fully saturated rings. The Morgan fingerprint density at radius 2 is 1.79 bits per heavy atom. The molecule has 3 aromatic rings. The third-order valence-electron chi connectivity index (χ3n) is 6.53. The minimum Gasteiger partial charge on any atom is -0.414 e. The maximum absolute atomic E-state index is 12.2. The van der Waals surface area contributed by atoms with Gasteiger partial charge in [0.05, 0.1) is 11.9 Å². The van der Waals surface area contributed by atoms with E-state index >= 15 is 0 Å². The molecule has 2 atom stereocenters. The van der Waals surface area contributed by atoms with Crippen molar-refractivity contribution in [2.24, 2.45) is 11.8 Å². The molecule has 2 saturated heterocycles. The lowest BCUT2D eigenvalue weighted by molar-refractivity contribution is 0.454. The van der Waals surface area contributed by atoms with Crippen LogP contribution in [0.1, 0.15) is 16.8 Å². The van der Waals surface area contributed by atoms with Crippen LogP contribution in [0.2, 0.25) is 0 Å². The molecular weight excluding hydrogens is 456 g/mol. The van der Waals surface area contributed by atoms with Gasteiger partial charge in [0.15, 0.2) is 11.5 Å². The number of fused-ring (bicyclic) bond motifs is 1. The molecule has 2 aliphatic heterocycles. The molecule has 0 bridgehead atoms. The minimum absolute atomic E-state index is 0. The molecule has 3 N–H and O–H groups in total. The van der Waals surface area contributed by atoms with Crippen molar-refractivity contribution < 1.29 is 17.1 Å². The highest BCUT2D eigenvalue weighted by Crippen LogP contribution is 2.35. The van der Waals surface area contributed by atoms with E-state index < -0.39 is 10.0 Å². The zero-order chi connectivity index (χ0) is 23.9. The minimum atomic E-state index is -3.16. The molecular formula is C22H34N8O3S. The highest BCUT2D eigenvalue weighted by atomic mass is 32.2. The lowest BCUT2D eigenvalue weighted by Crippen LogP contribution is -2.34. The lowest BCUT2D eigenvalue weighted by atomic mass is 10.0. The molecule has 0 aliphatic carbocycles. The topological polar surface area (TPSA) is 143 Å². The molecule has 34 heavy (non-hydrogen) atoms. The molecule has 1 aromatic carbocycles. The molecule has 0 spiro atoms. The van der Waals surface area contributed by atoms with Gasteiger partial charge >= 0.3 is 0 Å². The predicted octanol–water partition coefficient (Wildman–Crippen LogP) is 1.95. The van der Waals surface area contributed by atoms with Gasteiger partial charge in [0.25, 0.3) is 5.89 Å². The van der Waals surface area contributed by atoms with Crippen LogP contribution < -0.4 is 16.0 Å². The Hall–Kier alpha value is -3.09. The number of anilines is 2. The van der Waals surface area contributed by atoms with E-state index in [1.165, 1.54) is 0 Å². The number of nitrogens with one attached hydrogen (secondary N) is 1. The van der Waals surface area contributed by atoms with E-state index in [2.05, 4.69) is 30.4 Å². The van der Waals surface area contributed by atoms with Gasteiger partial charge in [-0.2, -0.15) is 0 Å². The van der Waals surface area contributed by atoms with Crippen molar-refractivity contribution in [3.05, 3.63) is 36.0 Å². The van der Waals surface area contributed by atoms with Crippen molar-refractivity contribution in [1.29, 1.82) is 0 Å². The fourth-order valence-corrected chi connectivity index (χ4v) is 5.85. The van der Waals surface area contributed by atoms with Gasteiger partial charge in [0.2, 0.25) is 15.9 Å². The van der Waals surface area contributed by atoms with Crippen molar-refractivity contribution in [2.75, 3.05) is 49.6 Å². The highest BCUT2D eigenvalue weighted by molar-refractivity contribution is 7.89. The van der Waals surface area contributed by atoms with Gasteiger partial charge in [-0.3, -0.25) is 0 Å². The van der Waals surface area contributed by atoms with Crippen molar-refractivity contribution in [3.8, 4) is 23.0 Å². The first-order valence-corrected chi connectivity index (χ1v) is 12.9. The predicted molar refractivity (Wildman–Crippen MR) is 135 cm³/mol. The average molecular weight is 491 g/mol. The van der Waals surface area contributed by atoms with Gasteiger partial charge in [0, 0.05) is 42.6 Å². The molecule has 11 nitrogen and oxygen atoms in total. The smallest absolute Gasteiger partial charge is 0.270 e. The van der Waals surface area contributed by atoms with Gasteiger partial charge < -0.3 is 20.4 Å². The van der Waals surface area contributed by atoms with E-state index in [9.17, 15) is 8.42 Å². The monoisotopic (exact) mass is 490 g/mol. The second-order valence-corrected chi connectivity index (χ2v) is 11.0. The molecule has 186 valence electrons. The van der Waals surface area contributed by atoms with Gasteiger partial charge in [-0.25, -0.2) is 22.7 Å². The van der Waals surface area contributed by atoms with Crippen molar-refractivity contribution in [2.45, 2.75) is 13.5 Å². The molecule has 12 heteroatoms. The van der Waals surface area contributed by atoms with Gasteiger partial charge in [-0.05, 0) is 43.5 Å². The van der Waals surface area contributed by atoms with Crippen molar-refractivity contribution in [1.82, 2.24) is 29.8 Å². The SMILES string of the molecule is CCS(=O)(=O)N1CC2CN(c3cnc(N)c(-c4nnc(-c5ccc(CNC)cc5)o4)n3)CC2C1.[HH].[HH].[HH]. The zero-order valence-corrected chi connectivity index (χ0v) is 20.0. The summed E-state index contributed by atoms with van der Waals surface area (Å²) in [5, 5.41) is 11.4. The summed E-state index contributed by atoms with van der Waals surface area (Å²) in [6.45, 7) is 4.99. The fraction of sp³-hybridized carbons (Fsp3) is 0.455. The Bertz CT molecular complexity index is 1280. The molecule has 2 unspecified atom stereocenters. The summed E-state index contributed by atoms with van der Waals surface area (Å²) in [6.07, 6.45) is 1.64. The van der Waals surface area contributed by atoms with Crippen molar-refractivity contribution >= 4 is 21.7 Å². The fourth-order valence-electron chi connectivity index (χ4n) is 4.65. The second kappa shape index (κ2) is 8.93. The van der Waals surface area contributed by atoms with Crippen LogP contribution in [0.4, 0.5) is 11.6 Å². The van der Waals surface area contributed by atoms with Crippen LogP contribution in [0.3, 0.4) is 0 Å². The van der Waals surface area contributed by atoms with E-state index in [-0.39, 0.29) is 33.6 Å². The Kier molecular flexibility index (Phi) is 5.96. The molecule has 2 aromatic heterocycles. The summed E-state index contributed by atoms with van der Waals surface area (Å²) in [7, 11) is -1.26. The lowest BCUT2D eigenvalue weighted by Gasteiger charge is -2.22. The van der Waals surface area contributed by atoms with Crippen LogP contribution in [0.15, 0.2) is 34.9 Å². The maximum Gasteiger partial charge on any atom is 0.270 e. The van der Waals surface area contributed by atoms with Gasteiger partial charge in [-0.1, -0.05) is 12.1 Å².